The van der Waals surface area contributed by atoms with Gasteiger partial charge in [-0.15, -0.1) is 11.3 Å². The molecule has 0 spiro atoms. The molecule has 2 rings (SSSR count). The molecule has 0 atom stereocenters. The van der Waals surface area contributed by atoms with Crippen molar-refractivity contribution in [1.29, 1.82) is 0 Å². The fraction of sp³-hybridized carbons (Fsp3) is 0.438. The molecule has 1 aromatic heterocycles. The molecule has 2 aromatic rings. The summed E-state index contributed by atoms with van der Waals surface area (Å²) in [5, 5.41) is 6.59. The molecule has 4 nitrogen and oxygen atoms in total. The van der Waals surface area contributed by atoms with Crippen molar-refractivity contribution >= 4 is 11.3 Å². The highest BCUT2D eigenvalue weighted by molar-refractivity contribution is 7.09. The molecule has 5 heteroatoms. The molecule has 0 aliphatic rings. The van der Waals surface area contributed by atoms with Crippen molar-refractivity contribution in [2.75, 3.05) is 40.4 Å². The Bertz CT molecular complexity index is 513. The van der Waals surface area contributed by atoms with Crippen molar-refractivity contribution in [3.8, 4) is 11.3 Å². The molecule has 0 radical (unpaired) electrons. The smallest absolute Gasteiger partial charge is 0.107 e. The Hall–Kier alpha value is -1.27. The van der Waals surface area contributed by atoms with Gasteiger partial charge in [0.15, 0.2) is 0 Å². The lowest BCUT2D eigenvalue weighted by molar-refractivity contribution is 0.119. The van der Waals surface area contributed by atoms with Crippen molar-refractivity contribution in [1.82, 2.24) is 15.2 Å². The molecule has 1 heterocycles. The van der Waals surface area contributed by atoms with E-state index in [9.17, 15) is 0 Å². The van der Waals surface area contributed by atoms with Crippen LogP contribution in [0.3, 0.4) is 0 Å². The van der Waals surface area contributed by atoms with E-state index in [1.165, 1.54) is 5.56 Å². The zero-order valence-electron chi connectivity index (χ0n) is 12.7. The van der Waals surface area contributed by atoms with Gasteiger partial charge in [-0.05, 0) is 14.1 Å². The van der Waals surface area contributed by atoms with Crippen molar-refractivity contribution in [2.45, 2.75) is 6.54 Å². The van der Waals surface area contributed by atoms with Crippen LogP contribution in [-0.2, 0) is 11.3 Å². The molecule has 1 N–H and O–H groups in total. The predicted molar refractivity (Wildman–Crippen MR) is 88.6 cm³/mol. The van der Waals surface area contributed by atoms with Crippen LogP contribution in [0.4, 0.5) is 0 Å². The number of benzene rings is 1. The first-order valence-corrected chi connectivity index (χ1v) is 8.06. The Labute approximate surface area is 130 Å². The van der Waals surface area contributed by atoms with Crippen LogP contribution < -0.4 is 5.32 Å². The molecule has 0 aliphatic heterocycles. The van der Waals surface area contributed by atoms with Gasteiger partial charge in [-0.3, -0.25) is 0 Å². The second kappa shape index (κ2) is 8.89. The van der Waals surface area contributed by atoms with E-state index in [2.05, 4.69) is 32.7 Å². The molecular weight excluding hydrogens is 282 g/mol. The minimum atomic E-state index is 0.741. The topological polar surface area (TPSA) is 37.4 Å². The van der Waals surface area contributed by atoms with Crippen LogP contribution in [-0.4, -0.2) is 50.3 Å². The van der Waals surface area contributed by atoms with E-state index in [0.717, 1.165) is 43.5 Å². The number of likely N-dealkylation sites (N-methyl/N-ethyl adjacent to an activating group) is 1. The average Bonchev–Trinajstić information content (AvgIpc) is 2.96. The Morgan fingerprint density at radius 1 is 1.19 bits per heavy atom. The number of aromatic nitrogens is 1. The largest absolute Gasteiger partial charge is 0.379 e. The van der Waals surface area contributed by atoms with Crippen LogP contribution in [0.1, 0.15) is 5.01 Å². The minimum Gasteiger partial charge on any atom is -0.379 e. The second-order valence-electron chi connectivity index (χ2n) is 5.08. The van der Waals surface area contributed by atoms with Gasteiger partial charge in [0.25, 0.3) is 0 Å². The van der Waals surface area contributed by atoms with Crippen LogP contribution in [0, 0.1) is 0 Å². The van der Waals surface area contributed by atoms with E-state index in [1.807, 2.05) is 32.3 Å². The lowest BCUT2D eigenvalue weighted by atomic mass is 10.2. The van der Waals surface area contributed by atoms with Crippen molar-refractivity contribution in [3.05, 3.63) is 40.7 Å². The summed E-state index contributed by atoms with van der Waals surface area (Å²) in [6.07, 6.45) is 0. The molecule has 0 saturated heterocycles. The maximum atomic E-state index is 5.54. The first-order chi connectivity index (χ1) is 10.3. The predicted octanol–water partition coefficient (Wildman–Crippen LogP) is 2.48. The first kappa shape index (κ1) is 16.1. The highest BCUT2D eigenvalue weighted by atomic mass is 32.1. The molecular formula is C16H23N3OS. The summed E-state index contributed by atoms with van der Waals surface area (Å²) >= 11 is 1.70. The molecule has 21 heavy (non-hydrogen) atoms. The summed E-state index contributed by atoms with van der Waals surface area (Å²) in [6, 6.07) is 10.3. The van der Waals surface area contributed by atoms with Crippen molar-refractivity contribution < 1.29 is 4.74 Å². The minimum absolute atomic E-state index is 0.741. The highest BCUT2D eigenvalue weighted by Crippen LogP contribution is 2.21. The number of nitrogens with zero attached hydrogens (tertiary/aromatic N) is 2. The van der Waals surface area contributed by atoms with Gasteiger partial charge >= 0.3 is 0 Å². The number of hydrogen-bond acceptors (Lipinski definition) is 5. The third-order valence-electron chi connectivity index (χ3n) is 3.00. The number of hydrogen-bond donors (Lipinski definition) is 1. The molecule has 0 saturated carbocycles. The summed E-state index contributed by atoms with van der Waals surface area (Å²) in [7, 11) is 4.10. The third-order valence-corrected chi connectivity index (χ3v) is 3.85. The Morgan fingerprint density at radius 2 is 2.00 bits per heavy atom. The number of thiazole rings is 1. The maximum Gasteiger partial charge on any atom is 0.107 e. The summed E-state index contributed by atoms with van der Waals surface area (Å²) < 4.78 is 5.54. The molecule has 114 valence electrons. The quantitative estimate of drug-likeness (QED) is 0.722. The van der Waals surface area contributed by atoms with E-state index in [0.29, 0.717) is 0 Å². The van der Waals surface area contributed by atoms with Crippen LogP contribution in [0.25, 0.3) is 11.3 Å². The molecule has 0 aliphatic carbocycles. The standard InChI is InChI=1S/C16H23N3OS/c1-19(2)9-11-20-10-8-17-12-16-18-15(13-21-16)14-6-4-3-5-7-14/h3-7,13,17H,8-12H2,1-2H3. The molecule has 0 unspecified atom stereocenters. The summed E-state index contributed by atoms with van der Waals surface area (Å²) in [6.45, 7) is 4.14. The van der Waals surface area contributed by atoms with Crippen LogP contribution in [0.5, 0.6) is 0 Å². The van der Waals surface area contributed by atoms with Gasteiger partial charge in [0, 0.05) is 30.6 Å². The van der Waals surface area contributed by atoms with Gasteiger partial charge in [0.05, 0.1) is 18.9 Å². The van der Waals surface area contributed by atoms with Crippen LogP contribution in [0.2, 0.25) is 0 Å². The van der Waals surface area contributed by atoms with Crippen molar-refractivity contribution in [2.24, 2.45) is 0 Å². The lowest BCUT2D eigenvalue weighted by Gasteiger charge is -2.09. The fourth-order valence-corrected chi connectivity index (χ4v) is 2.60. The lowest BCUT2D eigenvalue weighted by Crippen LogP contribution is -2.23. The average molecular weight is 305 g/mol. The Kier molecular flexibility index (Phi) is 6.82. The maximum absolute atomic E-state index is 5.54. The number of nitrogens with one attached hydrogen (secondary N) is 1. The van der Waals surface area contributed by atoms with E-state index in [4.69, 9.17) is 4.74 Å². The summed E-state index contributed by atoms with van der Waals surface area (Å²) in [5.41, 5.74) is 2.23. The van der Waals surface area contributed by atoms with Gasteiger partial charge in [-0.2, -0.15) is 0 Å². The van der Waals surface area contributed by atoms with Gasteiger partial charge in [-0.1, -0.05) is 30.3 Å². The van der Waals surface area contributed by atoms with Gasteiger partial charge in [0.1, 0.15) is 5.01 Å². The third kappa shape index (κ3) is 5.93. The second-order valence-corrected chi connectivity index (χ2v) is 6.03. The van der Waals surface area contributed by atoms with E-state index >= 15 is 0 Å². The molecule has 0 fully saturated rings. The van der Waals surface area contributed by atoms with Gasteiger partial charge in [-0.25, -0.2) is 4.98 Å². The highest BCUT2D eigenvalue weighted by Gasteiger charge is 2.03. The van der Waals surface area contributed by atoms with E-state index in [1.54, 1.807) is 11.3 Å². The molecule has 0 bridgehead atoms. The van der Waals surface area contributed by atoms with Gasteiger partial charge in [0.2, 0.25) is 0 Å². The normalized spacial score (nSPS) is 11.2. The van der Waals surface area contributed by atoms with Crippen LogP contribution in [0.15, 0.2) is 35.7 Å². The SMILES string of the molecule is CN(C)CCOCCNCc1nc(-c2ccccc2)cs1. The molecule has 0 amide bonds. The monoisotopic (exact) mass is 305 g/mol. The van der Waals surface area contributed by atoms with Crippen LogP contribution >= 0.6 is 11.3 Å². The summed E-state index contributed by atoms with van der Waals surface area (Å²) in [4.78, 5) is 6.77. The molecule has 1 aromatic carbocycles. The van der Waals surface area contributed by atoms with E-state index < -0.39 is 0 Å². The number of rotatable bonds is 9. The van der Waals surface area contributed by atoms with Crippen molar-refractivity contribution in [3.63, 3.8) is 0 Å². The zero-order chi connectivity index (χ0) is 14.9. The Morgan fingerprint density at radius 3 is 2.76 bits per heavy atom. The van der Waals surface area contributed by atoms with Gasteiger partial charge < -0.3 is 15.0 Å². The zero-order valence-corrected chi connectivity index (χ0v) is 13.5. The number of ether oxygens (including phenoxy) is 1. The fourth-order valence-electron chi connectivity index (χ4n) is 1.82. The van der Waals surface area contributed by atoms with E-state index in [-0.39, 0.29) is 0 Å². The Balaban J connectivity index is 1.65. The first-order valence-electron chi connectivity index (χ1n) is 7.19. The summed E-state index contributed by atoms with van der Waals surface area (Å²) in [5.74, 6) is 0.